The average Bonchev–Trinajstić information content (AvgIpc) is 3.32. The van der Waals surface area contributed by atoms with Crippen molar-refractivity contribution in [2.45, 2.75) is 45.6 Å². The molecule has 1 spiro atoms. The summed E-state index contributed by atoms with van der Waals surface area (Å²) in [4.78, 5) is 27.3. The van der Waals surface area contributed by atoms with Gasteiger partial charge in [0, 0.05) is 23.7 Å². The lowest BCUT2D eigenvalue weighted by Gasteiger charge is -2.35. The van der Waals surface area contributed by atoms with E-state index in [1.54, 1.807) is 24.3 Å². The lowest BCUT2D eigenvalue weighted by atomic mass is 9.92. The van der Waals surface area contributed by atoms with Gasteiger partial charge in [0.15, 0.2) is 0 Å². The van der Waals surface area contributed by atoms with Crippen LogP contribution in [0.15, 0.2) is 24.3 Å². The molecule has 1 aromatic rings. The van der Waals surface area contributed by atoms with Crippen LogP contribution >= 0.6 is 11.6 Å². The van der Waals surface area contributed by atoms with Crippen LogP contribution in [0.1, 0.15) is 49.9 Å². The molecule has 1 aliphatic heterocycles. The Bertz CT molecular complexity index is 613. The van der Waals surface area contributed by atoms with Crippen molar-refractivity contribution < 1.29 is 9.59 Å². The first-order valence-corrected chi connectivity index (χ1v) is 9.13. The molecule has 1 saturated carbocycles. The van der Waals surface area contributed by atoms with E-state index >= 15 is 0 Å². The van der Waals surface area contributed by atoms with E-state index < -0.39 is 6.04 Å². The molecule has 1 aliphatic carbocycles. The number of likely N-dealkylation sites (tertiary alicyclic amines) is 1. The average molecular weight is 349 g/mol. The number of amides is 2. The second kappa shape index (κ2) is 6.75. The largest absolute Gasteiger partial charge is 0.341 e. The van der Waals surface area contributed by atoms with Crippen LogP contribution in [-0.4, -0.2) is 35.8 Å². The zero-order valence-corrected chi connectivity index (χ0v) is 15.1. The van der Waals surface area contributed by atoms with Gasteiger partial charge in [0.05, 0.1) is 0 Å². The summed E-state index contributed by atoms with van der Waals surface area (Å²) in [6.45, 7) is 5.58. The Kier molecular flexibility index (Phi) is 4.86. The highest BCUT2D eigenvalue weighted by Crippen LogP contribution is 2.53. The topological polar surface area (TPSA) is 49.4 Å². The Labute approximate surface area is 148 Å². The molecule has 2 amide bonds. The van der Waals surface area contributed by atoms with E-state index in [9.17, 15) is 9.59 Å². The van der Waals surface area contributed by atoms with Gasteiger partial charge in [-0.15, -0.1) is 0 Å². The SMILES string of the molecule is CC(C)[C@H](NC(=O)c1ccc(Cl)cc1)C(=O)N1CCC2(CC1)CC2. The van der Waals surface area contributed by atoms with Crippen LogP contribution < -0.4 is 5.32 Å². The molecule has 2 aliphatic rings. The van der Waals surface area contributed by atoms with Crippen LogP contribution in [0.2, 0.25) is 5.02 Å². The highest BCUT2D eigenvalue weighted by Gasteiger charge is 2.45. The normalized spacial score (nSPS) is 20.1. The number of nitrogens with zero attached hydrogens (tertiary/aromatic N) is 1. The Balaban J connectivity index is 1.64. The minimum absolute atomic E-state index is 0.0443. The van der Waals surface area contributed by atoms with Gasteiger partial charge < -0.3 is 10.2 Å². The smallest absolute Gasteiger partial charge is 0.251 e. The molecule has 0 aromatic heterocycles. The molecule has 1 atom stereocenters. The van der Waals surface area contributed by atoms with Gasteiger partial charge in [0.1, 0.15) is 6.04 Å². The number of hydrogen-bond acceptors (Lipinski definition) is 2. The van der Waals surface area contributed by atoms with Gasteiger partial charge in [0.25, 0.3) is 5.91 Å². The van der Waals surface area contributed by atoms with Crippen LogP contribution in [0.4, 0.5) is 0 Å². The predicted molar refractivity (Wildman–Crippen MR) is 95.0 cm³/mol. The van der Waals surface area contributed by atoms with Crippen molar-refractivity contribution in [2.24, 2.45) is 11.3 Å². The van der Waals surface area contributed by atoms with E-state index in [-0.39, 0.29) is 17.7 Å². The molecule has 1 heterocycles. The first-order valence-electron chi connectivity index (χ1n) is 8.75. The molecule has 0 radical (unpaired) electrons. The van der Waals surface area contributed by atoms with Crippen LogP contribution in [0, 0.1) is 11.3 Å². The predicted octanol–water partition coefficient (Wildman–Crippen LogP) is 3.50. The molecule has 4 nitrogen and oxygen atoms in total. The summed E-state index contributed by atoms with van der Waals surface area (Å²) in [6, 6.07) is 6.24. The van der Waals surface area contributed by atoms with Crippen molar-refractivity contribution in [1.82, 2.24) is 10.2 Å². The van der Waals surface area contributed by atoms with Gasteiger partial charge in [-0.3, -0.25) is 9.59 Å². The van der Waals surface area contributed by atoms with Gasteiger partial charge in [0.2, 0.25) is 5.91 Å². The zero-order valence-electron chi connectivity index (χ0n) is 14.3. The van der Waals surface area contributed by atoms with Crippen molar-refractivity contribution in [3.63, 3.8) is 0 Å². The molecular formula is C19H25ClN2O2. The molecule has 3 rings (SSSR count). The molecule has 5 heteroatoms. The third-order valence-electron chi connectivity index (χ3n) is 5.42. The first-order chi connectivity index (χ1) is 11.4. The number of nitrogens with one attached hydrogen (secondary N) is 1. The van der Waals surface area contributed by atoms with Gasteiger partial charge in [-0.1, -0.05) is 25.4 Å². The fourth-order valence-corrected chi connectivity index (χ4v) is 3.54. The molecule has 1 aromatic carbocycles. The monoisotopic (exact) mass is 348 g/mol. The fraction of sp³-hybridized carbons (Fsp3) is 0.579. The number of hydrogen-bond donors (Lipinski definition) is 1. The van der Waals surface area contributed by atoms with Gasteiger partial charge in [-0.25, -0.2) is 0 Å². The van der Waals surface area contributed by atoms with Gasteiger partial charge >= 0.3 is 0 Å². The van der Waals surface area contributed by atoms with E-state index in [2.05, 4.69) is 5.32 Å². The lowest BCUT2D eigenvalue weighted by Crippen LogP contribution is -2.53. The molecule has 24 heavy (non-hydrogen) atoms. The summed E-state index contributed by atoms with van der Waals surface area (Å²) < 4.78 is 0. The Hall–Kier alpha value is -1.55. The number of halogens is 1. The molecular weight excluding hydrogens is 324 g/mol. The minimum atomic E-state index is -0.485. The van der Waals surface area contributed by atoms with E-state index in [0.29, 0.717) is 16.0 Å². The molecule has 2 fully saturated rings. The summed E-state index contributed by atoms with van der Waals surface area (Å²) in [5, 5.41) is 3.50. The maximum absolute atomic E-state index is 12.9. The molecule has 1 N–H and O–H groups in total. The van der Waals surface area contributed by atoms with Crippen LogP contribution in [0.3, 0.4) is 0 Å². The van der Waals surface area contributed by atoms with Crippen molar-refractivity contribution in [3.8, 4) is 0 Å². The summed E-state index contributed by atoms with van der Waals surface area (Å²) in [5.41, 5.74) is 1.06. The standard InChI is InChI=1S/C19H25ClN2O2/c1-13(2)16(21-17(23)14-3-5-15(20)6-4-14)18(24)22-11-9-19(7-8-19)10-12-22/h3-6,13,16H,7-12H2,1-2H3,(H,21,23)/t16-/m0/s1. The zero-order chi connectivity index (χ0) is 17.3. The highest BCUT2D eigenvalue weighted by molar-refractivity contribution is 6.30. The van der Waals surface area contributed by atoms with E-state index in [0.717, 1.165) is 25.9 Å². The molecule has 1 saturated heterocycles. The summed E-state index contributed by atoms with van der Waals surface area (Å²) in [5.74, 6) is -0.136. The number of rotatable bonds is 4. The Morgan fingerprint density at radius 3 is 2.17 bits per heavy atom. The van der Waals surface area contributed by atoms with Crippen LogP contribution in [0.5, 0.6) is 0 Å². The maximum Gasteiger partial charge on any atom is 0.251 e. The van der Waals surface area contributed by atoms with Crippen LogP contribution in [0.25, 0.3) is 0 Å². The molecule has 0 unspecified atom stereocenters. The van der Waals surface area contributed by atoms with Crippen molar-refractivity contribution >= 4 is 23.4 Å². The van der Waals surface area contributed by atoms with Gasteiger partial charge in [-0.2, -0.15) is 0 Å². The summed E-state index contributed by atoms with van der Waals surface area (Å²) in [7, 11) is 0. The number of benzene rings is 1. The van der Waals surface area contributed by atoms with Crippen molar-refractivity contribution in [2.75, 3.05) is 13.1 Å². The Morgan fingerprint density at radius 2 is 1.67 bits per heavy atom. The molecule has 130 valence electrons. The lowest BCUT2D eigenvalue weighted by molar-refractivity contribution is -0.135. The Morgan fingerprint density at radius 1 is 1.08 bits per heavy atom. The third-order valence-corrected chi connectivity index (χ3v) is 5.67. The van der Waals surface area contributed by atoms with Crippen molar-refractivity contribution in [3.05, 3.63) is 34.9 Å². The minimum Gasteiger partial charge on any atom is -0.341 e. The first kappa shape index (κ1) is 17.3. The van der Waals surface area contributed by atoms with E-state index in [4.69, 9.17) is 11.6 Å². The third kappa shape index (κ3) is 3.75. The maximum atomic E-state index is 12.9. The number of carbonyl (C=O) groups excluding carboxylic acids is 2. The second-order valence-electron chi connectivity index (χ2n) is 7.53. The quantitative estimate of drug-likeness (QED) is 0.905. The number of piperidine rings is 1. The van der Waals surface area contributed by atoms with E-state index in [1.807, 2.05) is 18.7 Å². The van der Waals surface area contributed by atoms with Crippen molar-refractivity contribution in [1.29, 1.82) is 0 Å². The van der Waals surface area contributed by atoms with Crippen LogP contribution in [-0.2, 0) is 4.79 Å². The number of carbonyl (C=O) groups is 2. The van der Waals surface area contributed by atoms with E-state index in [1.165, 1.54) is 12.8 Å². The molecule has 0 bridgehead atoms. The summed E-state index contributed by atoms with van der Waals surface area (Å²) in [6.07, 6.45) is 4.84. The highest BCUT2D eigenvalue weighted by atomic mass is 35.5. The second-order valence-corrected chi connectivity index (χ2v) is 7.96. The summed E-state index contributed by atoms with van der Waals surface area (Å²) >= 11 is 5.86. The fourth-order valence-electron chi connectivity index (χ4n) is 3.41. The van der Waals surface area contributed by atoms with Gasteiger partial charge in [-0.05, 0) is 61.3 Å².